The molecule has 0 saturated carbocycles. The summed E-state index contributed by atoms with van der Waals surface area (Å²) in [4.78, 5) is 11.6. The summed E-state index contributed by atoms with van der Waals surface area (Å²) >= 11 is 2.05. The number of halogens is 3. The number of alkyl halides is 3. The molecule has 0 bridgehead atoms. The van der Waals surface area contributed by atoms with Gasteiger partial charge in [-0.25, -0.2) is 4.79 Å². The zero-order valence-corrected chi connectivity index (χ0v) is 18.0. The summed E-state index contributed by atoms with van der Waals surface area (Å²) in [5.41, 5.74) is 7.67. The monoisotopic (exact) mass is 461 g/mol. The van der Waals surface area contributed by atoms with Gasteiger partial charge < -0.3 is 15.3 Å². The molecular weight excluding hydrogens is 439 g/mol. The molecule has 2 N–H and O–H groups in total. The highest BCUT2D eigenvalue weighted by Crippen LogP contribution is 2.48. The number of carboxylic acids is 1. The Hall–Kier alpha value is -2.70. The number of benzene rings is 2. The van der Waals surface area contributed by atoms with E-state index in [9.17, 15) is 18.4 Å². The van der Waals surface area contributed by atoms with Gasteiger partial charge in [0.15, 0.2) is 0 Å². The van der Waals surface area contributed by atoms with E-state index in [-0.39, 0.29) is 0 Å². The third-order valence-electron chi connectivity index (χ3n) is 6.05. The highest BCUT2D eigenvalue weighted by atomic mass is 32.2. The smallest absolute Gasteiger partial charge is 0.475 e. The van der Waals surface area contributed by atoms with E-state index in [2.05, 4.69) is 34.5 Å². The average Bonchev–Trinajstić information content (AvgIpc) is 2.94. The Balaban J connectivity index is 0.000000307. The topological polar surface area (TPSA) is 76.4 Å². The average molecular weight is 462 g/mol. The second kappa shape index (κ2) is 9.04. The van der Waals surface area contributed by atoms with Crippen molar-refractivity contribution in [2.75, 3.05) is 30.3 Å². The van der Waals surface area contributed by atoms with Crippen LogP contribution in [0.2, 0.25) is 0 Å². The fourth-order valence-electron chi connectivity index (χ4n) is 4.72. The van der Waals surface area contributed by atoms with Crippen LogP contribution in [0, 0.1) is 11.3 Å². The maximum Gasteiger partial charge on any atom is 0.490 e. The molecule has 168 valence electrons. The largest absolute Gasteiger partial charge is 0.490 e. The predicted molar refractivity (Wildman–Crippen MR) is 118 cm³/mol. The molecule has 0 aromatic heterocycles. The van der Waals surface area contributed by atoms with Crippen molar-refractivity contribution < 1.29 is 23.1 Å². The fourth-order valence-corrected chi connectivity index (χ4v) is 5.63. The summed E-state index contributed by atoms with van der Waals surface area (Å²) in [6.45, 7) is 3.39. The van der Waals surface area contributed by atoms with Crippen LogP contribution < -0.4 is 10.2 Å². The van der Waals surface area contributed by atoms with E-state index in [1.165, 1.54) is 41.1 Å². The second-order valence-corrected chi connectivity index (χ2v) is 9.09. The molecule has 5 nitrogen and oxygen atoms in total. The molecule has 2 aromatic carbocycles. The molecule has 1 saturated heterocycles. The standard InChI is InChI=1S/C21H21N3S.C2HF3O2/c22-11-14-2-1-3-15(8-14)16-9-17-13-25-7-6-24-20-4-5-23-12-19(20)18(10-16)21(17)24;3-2(4,5)1(6)7/h1-3,8-10,19-20,23H,4-7,12-13H2;(H,6,7)/t19-,20-;/m0./s1. The quantitative estimate of drug-likeness (QED) is 0.657. The fraction of sp³-hybridized carbons (Fsp3) is 0.391. The molecule has 0 aliphatic carbocycles. The zero-order valence-electron chi connectivity index (χ0n) is 17.2. The van der Waals surface area contributed by atoms with E-state index in [1.807, 2.05) is 30.0 Å². The number of carbonyl (C=O) groups is 1. The van der Waals surface area contributed by atoms with Gasteiger partial charge >= 0.3 is 12.1 Å². The first-order valence-corrected chi connectivity index (χ1v) is 11.5. The number of fused-ring (bicyclic) bond motifs is 3. The van der Waals surface area contributed by atoms with Gasteiger partial charge in [0.25, 0.3) is 0 Å². The summed E-state index contributed by atoms with van der Waals surface area (Å²) in [6.07, 6.45) is -3.84. The molecule has 9 heteroatoms. The lowest BCUT2D eigenvalue weighted by atomic mass is 9.88. The van der Waals surface area contributed by atoms with Gasteiger partial charge in [-0.15, -0.1) is 0 Å². The number of hydrogen-bond acceptors (Lipinski definition) is 5. The Morgan fingerprint density at radius 2 is 2.03 bits per heavy atom. The molecule has 1 fully saturated rings. The molecule has 3 heterocycles. The number of thioether (sulfide) groups is 1. The Kier molecular flexibility index (Phi) is 6.35. The third kappa shape index (κ3) is 4.43. The molecule has 0 unspecified atom stereocenters. The second-order valence-electron chi connectivity index (χ2n) is 7.98. The SMILES string of the molecule is N#Cc1cccc(-c2cc3c4c(c2)[C@@H]2CNCC[C@@H]2N4CCSC3)c1.O=C(O)C(F)(F)F. The van der Waals surface area contributed by atoms with Crippen LogP contribution in [0.5, 0.6) is 0 Å². The van der Waals surface area contributed by atoms with Crippen molar-refractivity contribution in [1.29, 1.82) is 5.26 Å². The molecule has 32 heavy (non-hydrogen) atoms. The Morgan fingerprint density at radius 3 is 2.75 bits per heavy atom. The first-order chi connectivity index (χ1) is 15.3. The predicted octanol–water partition coefficient (Wildman–Crippen LogP) is 4.37. The number of nitriles is 1. The summed E-state index contributed by atoms with van der Waals surface area (Å²) in [5, 5.41) is 20.0. The van der Waals surface area contributed by atoms with Crippen LogP contribution in [-0.4, -0.2) is 48.7 Å². The molecule has 5 rings (SSSR count). The number of hydrogen-bond donors (Lipinski definition) is 2. The van der Waals surface area contributed by atoms with Crippen molar-refractivity contribution in [3.63, 3.8) is 0 Å². The number of anilines is 1. The van der Waals surface area contributed by atoms with Gasteiger partial charge in [0, 0.05) is 42.2 Å². The summed E-state index contributed by atoms with van der Waals surface area (Å²) in [7, 11) is 0. The number of aliphatic carboxylic acids is 1. The summed E-state index contributed by atoms with van der Waals surface area (Å²) < 4.78 is 31.7. The zero-order chi connectivity index (χ0) is 22.9. The van der Waals surface area contributed by atoms with Crippen molar-refractivity contribution in [3.8, 4) is 17.2 Å². The minimum Gasteiger partial charge on any atom is -0.475 e. The number of piperidine rings is 1. The van der Waals surface area contributed by atoms with Crippen LogP contribution in [0.15, 0.2) is 36.4 Å². The normalized spacial score (nSPS) is 21.4. The first kappa shape index (κ1) is 22.5. The van der Waals surface area contributed by atoms with Crippen molar-refractivity contribution in [2.24, 2.45) is 0 Å². The van der Waals surface area contributed by atoms with Crippen LogP contribution in [0.1, 0.15) is 29.0 Å². The Bertz CT molecular complexity index is 1070. The summed E-state index contributed by atoms with van der Waals surface area (Å²) in [6, 6.07) is 15.7. The molecule has 0 radical (unpaired) electrons. The maximum atomic E-state index is 10.6. The van der Waals surface area contributed by atoms with Crippen molar-refractivity contribution in [3.05, 3.63) is 53.1 Å². The molecule has 3 aliphatic heterocycles. The minimum absolute atomic E-state index is 0.602. The van der Waals surface area contributed by atoms with Gasteiger partial charge in [0.05, 0.1) is 11.6 Å². The number of carboxylic acid groups (broad SMARTS) is 1. The highest BCUT2D eigenvalue weighted by Gasteiger charge is 2.41. The number of rotatable bonds is 1. The van der Waals surface area contributed by atoms with E-state index in [4.69, 9.17) is 9.90 Å². The highest BCUT2D eigenvalue weighted by molar-refractivity contribution is 7.98. The molecule has 2 atom stereocenters. The number of nitrogens with zero attached hydrogens (tertiary/aromatic N) is 2. The molecule has 0 spiro atoms. The Morgan fingerprint density at radius 1 is 1.25 bits per heavy atom. The number of nitrogens with one attached hydrogen (secondary N) is 1. The van der Waals surface area contributed by atoms with E-state index >= 15 is 0 Å². The first-order valence-electron chi connectivity index (χ1n) is 10.3. The van der Waals surface area contributed by atoms with Gasteiger partial charge in [0.1, 0.15) is 0 Å². The van der Waals surface area contributed by atoms with Crippen LogP contribution >= 0.6 is 11.8 Å². The van der Waals surface area contributed by atoms with Crippen molar-refractivity contribution >= 4 is 23.4 Å². The van der Waals surface area contributed by atoms with E-state index in [0.29, 0.717) is 12.0 Å². The molecular formula is C23H22F3N3O2S. The molecule has 2 aromatic rings. The van der Waals surface area contributed by atoms with Gasteiger partial charge in [-0.05, 0) is 59.5 Å². The Labute approximate surface area is 188 Å². The van der Waals surface area contributed by atoms with Gasteiger partial charge in [0.2, 0.25) is 0 Å². The minimum atomic E-state index is -5.08. The third-order valence-corrected chi connectivity index (χ3v) is 7.04. The summed E-state index contributed by atoms with van der Waals surface area (Å²) in [5.74, 6) is 0.152. The van der Waals surface area contributed by atoms with Gasteiger partial charge in [-0.3, -0.25) is 0 Å². The van der Waals surface area contributed by atoms with E-state index < -0.39 is 12.1 Å². The van der Waals surface area contributed by atoms with Gasteiger partial charge in [-0.2, -0.15) is 30.2 Å². The van der Waals surface area contributed by atoms with E-state index in [1.54, 1.807) is 0 Å². The van der Waals surface area contributed by atoms with Crippen molar-refractivity contribution in [2.45, 2.75) is 30.3 Å². The lowest BCUT2D eigenvalue weighted by Crippen LogP contribution is -2.44. The lowest BCUT2D eigenvalue weighted by Gasteiger charge is -2.33. The maximum absolute atomic E-state index is 10.6. The van der Waals surface area contributed by atoms with Gasteiger partial charge in [-0.1, -0.05) is 12.1 Å². The van der Waals surface area contributed by atoms with Crippen LogP contribution in [0.3, 0.4) is 0 Å². The van der Waals surface area contributed by atoms with Crippen LogP contribution in [0.4, 0.5) is 18.9 Å². The van der Waals surface area contributed by atoms with Crippen LogP contribution in [0.25, 0.3) is 11.1 Å². The van der Waals surface area contributed by atoms with Crippen LogP contribution in [-0.2, 0) is 10.5 Å². The molecule has 3 aliphatic rings. The van der Waals surface area contributed by atoms with Crippen molar-refractivity contribution in [1.82, 2.24) is 5.32 Å². The van der Waals surface area contributed by atoms with E-state index in [0.717, 1.165) is 30.0 Å². The lowest BCUT2D eigenvalue weighted by molar-refractivity contribution is -0.192. The molecule has 0 amide bonds.